The van der Waals surface area contributed by atoms with E-state index in [4.69, 9.17) is 4.74 Å². The molecule has 5 nitrogen and oxygen atoms in total. The highest BCUT2D eigenvalue weighted by Gasteiger charge is 2.24. The number of nitrogens with zero attached hydrogens (tertiary/aromatic N) is 2. The summed E-state index contributed by atoms with van der Waals surface area (Å²) in [6, 6.07) is 8.55. The van der Waals surface area contributed by atoms with Gasteiger partial charge in [0.1, 0.15) is 6.10 Å². The molecule has 1 N–H and O–H groups in total. The van der Waals surface area contributed by atoms with E-state index in [2.05, 4.69) is 21.4 Å². The Morgan fingerprint density at radius 3 is 2.08 bits per heavy atom. The quantitative estimate of drug-likeness (QED) is 0.907. The zero-order valence-corrected chi connectivity index (χ0v) is 16.0. The molecule has 0 radical (unpaired) electrons. The third-order valence-corrected chi connectivity index (χ3v) is 4.73. The van der Waals surface area contributed by atoms with Crippen LogP contribution >= 0.6 is 0 Å². The minimum absolute atomic E-state index is 0.0128. The monoisotopic (exact) mass is 353 g/mol. The summed E-state index contributed by atoms with van der Waals surface area (Å²) in [6.45, 7) is 7.92. The molecule has 1 aliphatic rings. The van der Waals surface area contributed by atoms with Gasteiger partial charge in [-0.15, -0.1) is 0 Å². The van der Waals surface area contributed by atoms with E-state index in [0.717, 1.165) is 53.8 Å². The van der Waals surface area contributed by atoms with Crippen LogP contribution in [0.4, 0.5) is 0 Å². The predicted octanol–water partition coefficient (Wildman–Crippen LogP) is 3.83. The standard InChI is InChI=1S/C21H27N3O2/c1-13-9-14(2)11-17(10-13)20(25)24-18-5-7-19(8-6-18)26-21-22-15(3)12-16(4)23-21/h9-12,18-19H,5-8H2,1-4H3,(H,24,25). The number of carbonyl (C=O) groups is 1. The van der Waals surface area contributed by atoms with Crippen molar-refractivity contribution in [2.75, 3.05) is 0 Å². The molecule has 0 aliphatic heterocycles. The Bertz CT molecular complexity index is 755. The SMILES string of the molecule is Cc1cc(C)cc(C(=O)NC2CCC(Oc3nc(C)cc(C)n3)CC2)c1. The van der Waals surface area contributed by atoms with Gasteiger partial charge in [0.05, 0.1) is 0 Å². The lowest BCUT2D eigenvalue weighted by Crippen LogP contribution is -2.39. The second kappa shape index (κ2) is 7.85. The molecule has 1 aromatic carbocycles. The summed E-state index contributed by atoms with van der Waals surface area (Å²) >= 11 is 0. The summed E-state index contributed by atoms with van der Waals surface area (Å²) < 4.78 is 5.95. The Hall–Kier alpha value is -2.43. The van der Waals surface area contributed by atoms with E-state index in [1.165, 1.54) is 0 Å². The molecule has 2 aromatic rings. The van der Waals surface area contributed by atoms with Gasteiger partial charge in [0.2, 0.25) is 0 Å². The van der Waals surface area contributed by atoms with Crippen molar-refractivity contribution in [3.05, 3.63) is 52.3 Å². The number of aryl methyl sites for hydroxylation is 4. The number of hydrogen-bond acceptors (Lipinski definition) is 4. The van der Waals surface area contributed by atoms with Crippen molar-refractivity contribution in [2.24, 2.45) is 0 Å². The van der Waals surface area contributed by atoms with Crippen LogP contribution < -0.4 is 10.1 Å². The zero-order chi connectivity index (χ0) is 18.7. The summed E-state index contributed by atoms with van der Waals surface area (Å²) in [7, 11) is 0. The van der Waals surface area contributed by atoms with Gasteiger partial charge < -0.3 is 10.1 Å². The Labute approximate surface area is 155 Å². The van der Waals surface area contributed by atoms with Crippen LogP contribution in [-0.2, 0) is 0 Å². The van der Waals surface area contributed by atoms with Gasteiger partial charge in [0, 0.05) is 23.0 Å². The molecule has 1 heterocycles. The fourth-order valence-electron chi connectivity index (χ4n) is 3.59. The molecule has 5 heteroatoms. The molecule has 1 aliphatic carbocycles. The molecule has 0 unspecified atom stereocenters. The lowest BCUT2D eigenvalue weighted by molar-refractivity contribution is 0.0884. The predicted molar refractivity (Wildman–Crippen MR) is 102 cm³/mol. The van der Waals surface area contributed by atoms with Gasteiger partial charge >= 0.3 is 6.01 Å². The molecule has 1 amide bonds. The van der Waals surface area contributed by atoms with E-state index < -0.39 is 0 Å². The Morgan fingerprint density at radius 1 is 0.923 bits per heavy atom. The van der Waals surface area contributed by atoms with Crippen LogP contribution in [0.2, 0.25) is 0 Å². The van der Waals surface area contributed by atoms with Crippen molar-refractivity contribution in [3.63, 3.8) is 0 Å². The van der Waals surface area contributed by atoms with Crippen LogP contribution in [-0.4, -0.2) is 28.0 Å². The molecule has 1 fully saturated rings. The first-order valence-electron chi connectivity index (χ1n) is 9.27. The zero-order valence-electron chi connectivity index (χ0n) is 16.0. The highest BCUT2D eigenvalue weighted by atomic mass is 16.5. The van der Waals surface area contributed by atoms with Crippen LogP contribution in [0.5, 0.6) is 6.01 Å². The highest BCUT2D eigenvalue weighted by Crippen LogP contribution is 2.23. The van der Waals surface area contributed by atoms with E-state index in [1.807, 2.05) is 45.9 Å². The van der Waals surface area contributed by atoms with Crippen molar-refractivity contribution in [3.8, 4) is 6.01 Å². The van der Waals surface area contributed by atoms with E-state index in [9.17, 15) is 4.79 Å². The third kappa shape index (κ3) is 4.81. The summed E-state index contributed by atoms with van der Waals surface area (Å²) in [4.78, 5) is 21.2. The van der Waals surface area contributed by atoms with Gasteiger partial charge in [0.15, 0.2) is 0 Å². The van der Waals surface area contributed by atoms with Crippen LogP contribution in [0.1, 0.15) is 58.6 Å². The maximum atomic E-state index is 12.5. The molecule has 0 spiro atoms. The summed E-state index contributed by atoms with van der Waals surface area (Å²) in [5.41, 5.74) is 4.80. The van der Waals surface area contributed by atoms with E-state index in [0.29, 0.717) is 6.01 Å². The number of hydrogen-bond donors (Lipinski definition) is 1. The van der Waals surface area contributed by atoms with Gasteiger partial charge in [0.25, 0.3) is 5.91 Å². The lowest BCUT2D eigenvalue weighted by Gasteiger charge is -2.29. The van der Waals surface area contributed by atoms with Gasteiger partial charge in [-0.3, -0.25) is 4.79 Å². The van der Waals surface area contributed by atoms with Crippen molar-refractivity contribution in [2.45, 2.75) is 65.5 Å². The number of carbonyl (C=O) groups excluding carboxylic acids is 1. The molecule has 0 bridgehead atoms. The second-order valence-corrected chi connectivity index (χ2v) is 7.37. The first kappa shape index (κ1) is 18.4. The normalized spacial score (nSPS) is 19.8. The molecule has 3 rings (SSSR count). The van der Waals surface area contributed by atoms with Crippen molar-refractivity contribution < 1.29 is 9.53 Å². The fourth-order valence-corrected chi connectivity index (χ4v) is 3.59. The minimum Gasteiger partial charge on any atom is -0.460 e. The van der Waals surface area contributed by atoms with Gasteiger partial charge in [-0.05, 0) is 71.6 Å². The maximum Gasteiger partial charge on any atom is 0.317 e. The summed E-state index contributed by atoms with van der Waals surface area (Å²) in [5.74, 6) is 0.0128. The highest BCUT2D eigenvalue weighted by molar-refractivity contribution is 5.94. The molecular formula is C21H27N3O2. The number of nitrogens with one attached hydrogen (secondary N) is 1. The van der Waals surface area contributed by atoms with Crippen LogP contribution in [0.25, 0.3) is 0 Å². The summed E-state index contributed by atoms with van der Waals surface area (Å²) in [6.07, 6.45) is 3.73. The number of aromatic nitrogens is 2. The first-order chi connectivity index (χ1) is 12.4. The van der Waals surface area contributed by atoms with Crippen LogP contribution in [0.3, 0.4) is 0 Å². The molecule has 1 saturated carbocycles. The van der Waals surface area contributed by atoms with E-state index in [-0.39, 0.29) is 18.1 Å². The largest absolute Gasteiger partial charge is 0.460 e. The average molecular weight is 353 g/mol. The molecule has 26 heavy (non-hydrogen) atoms. The Morgan fingerprint density at radius 2 is 1.50 bits per heavy atom. The fraction of sp³-hybridized carbons (Fsp3) is 0.476. The van der Waals surface area contributed by atoms with Crippen LogP contribution in [0.15, 0.2) is 24.3 Å². The topological polar surface area (TPSA) is 64.1 Å². The van der Waals surface area contributed by atoms with Crippen molar-refractivity contribution in [1.82, 2.24) is 15.3 Å². The molecule has 0 saturated heterocycles. The second-order valence-electron chi connectivity index (χ2n) is 7.37. The third-order valence-electron chi connectivity index (χ3n) is 4.73. The molecule has 1 aromatic heterocycles. The van der Waals surface area contributed by atoms with Gasteiger partial charge in [-0.25, -0.2) is 9.97 Å². The lowest BCUT2D eigenvalue weighted by atomic mass is 9.92. The van der Waals surface area contributed by atoms with Crippen molar-refractivity contribution >= 4 is 5.91 Å². The van der Waals surface area contributed by atoms with E-state index in [1.54, 1.807) is 0 Å². The minimum atomic E-state index is 0.0128. The smallest absolute Gasteiger partial charge is 0.317 e. The number of amides is 1. The van der Waals surface area contributed by atoms with Crippen molar-refractivity contribution in [1.29, 1.82) is 0 Å². The van der Waals surface area contributed by atoms with Crippen LogP contribution in [0, 0.1) is 27.7 Å². The number of benzene rings is 1. The Kier molecular flexibility index (Phi) is 5.55. The maximum absolute atomic E-state index is 12.5. The Balaban J connectivity index is 1.52. The molecule has 138 valence electrons. The number of rotatable bonds is 4. The molecular weight excluding hydrogens is 326 g/mol. The number of ether oxygens (including phenoxy) is 1. The van der Waals surface area contributed by atoms with Gasteiger partial charge in [-0.1, -0.05) is 17.2 Å². The van der Waals surface area contributed by atoms with E-state index >= 15 is 0 Å². The molecule has 0 atom stereocenters. The first-order valence-corrected chi connectivity index (χ1v) is 9.27. The average Bonchev–Trinajstić information content (AvgIpc) is 2.55. The summed E-state index contributed by atoms with van der Waals surface area (Å²) in [5, 5.41) is 3.17. The van der Waals surface area contributed by atoms with Gasteiger partial charge in [-0.2, -0.15) is 0 Å².